The third kappa shape index (κ3) is 2.24. The number of aromatic amines is 1. The SMILES string of the molecule is CCOc1cc2c(-c3cc4ccccc4s3)n[nH]c2cc1C#N. The molecule has 0 saturated carbocycles. The van der Waals surface area contributed by atoms with Crippen LogP contribution in [0.15, 0.2) is 42.5 Å². The lowest BCUT2D eigenvalue weighted by Gasteiger charge is -2.05. The fourth-order valence-corrected chi connectivity index (χ4v) is 3.76. The Morgan fingerprint density at radius 1 is 1.26 bits per heavy atom. The van der Waals surface area contributed by atoms with E-state index in [1.165, 1.54) is 10.1 Å². The molecule has 5 heteroatoms. The maximum atomic E-state index is 9.26. The molecule has 2 heterocycles. The van der Waals surface area contributed by atoms with Gasteiger partial charge in [-0.15, -0.1) is 11.3 Å². The molecule has 4 rings (SSSR count). The normalized spacial score (nSPS) is 11.0. The standard InChI is InChI=1S/C18H13N3OS/c1-2-22-15-9-13-14(7-12(15)10-19)20-21-18(13)17-8-11-5-3-4-6-16(11)23-17/h3-9H,2H2,1H3,(H,20,21). The molecule has 1 N–H and O–H groups in total. The van der Waals surface area contributed by atoms with Crippen LogP contribution in [-0.4, -0.2) is 16.8 Å². The van der Waals surface area contributed by atoms with Crippen molar-refractivity contribution in [3.8, 4) is 22.4 Å². The molecule has 2 aromatic heterocycles. The summed E-state index contributed by atoms with van der Waals surface area (Å²) in [4.78, 5) is 1.10. The van der Waals surface area contributed by atoms with E-state index in [9.17, 15) is 5.26 Å². The van der Waals surface area contributed by atoms with Crippen molar-refractivity contribution in [3.63, 3.8) is 0 Å². The molecule has 0 spiro atoms. The van der Waals surface area contributed by atoms with Crippen molar-refractivity contribution >= 4 is 32.3 Å². The van der Waals surface area contributed by atoms with E-state index < -0.39 is 0 Å². The van der Waals surface area contributed by atoms with Crippen LogP contribution >= 0.6 is 11.3 Å². The lowest BCUT2D eigenvalue weighted by atomic mass is 10.1. The molecule has 23 heavy (non-hydrogen) atoms. The number of benzene rings is 2. The van der Waals surface area contributed by atoms with Gasteiger partial charge in [-0.2, -0.15) is 10.4 Å². The van der Waals surface area contributed by atoms with E-state index in [0.717, 1.165) is 21.5 Å². The Kier molecular flexibility index (Phi) is 3.25. The number of fused-ring (bicyclic) bond motifs is 2. The molecule has 4 nitrogen and oxygen atoms in total. The molecule has 0 aliphatic heterocycles. The zero-order valence-corrected chi connectivity index (χ0v) is 13.3. The minimum Gasteiger partial charge on any atom is -0.492 e. The lowest BCUT2D eigenvalue weighted by Crippen LogP contribution is -1.94. The Morgan fingerprint density at radius 2 is 2.13 bits per heavy atom. The first-order valence-corrected chi connectivity index (χ1v) is 8.15. The Balaban J connectivity index is 1.93. The van der Waals surface area contributed by atoms with Crippen LogP contribution < -0.4 is 4.74 Å². The molecule has 0 aliphatic carbocycles. The summed E-state index contributed by atoms with van der Waals surface area (Å²) >= 11 is 1.71. The van der Waals surface area contributed by atoms with E-state index in [0.29, 0.717) is 17.9 Å². The Hall–Kier alpha value is -2.84. The van der Waals surface area contributed by atoms with Crippen molar-refractivity contribution in [3.05, 3.63) is 48.0 Å². The van der Waals surface area contributed by atoms with E-state index in [1.807, 2.05) is 25.1 Å². The van der Waals surface area contributed by atoms with Gasteiger partial charge < -0.3 is 4.74 Å². The van der Waals surface area contributed by atoms with Crippen LogP contribution in [0.2, 0.25) is 0 Å². The Morgan fingerprint density at radius 3 is 2.91 bits per heavy atom. The minimum atomic E-state index is 0.519. The van der Waals surface area contributed by atoms with Crippen LogP contribution in [0, 0.1) is 11.3 Å². The van der Waals surface area contributed by atoms with Crippen LogP contribution in [-0.2, 0) is 0 Å². The van der Waals surface area contributed by atoms with E-state index in [4.69, 9.17) is 4.74 Å². The second kappa shape index (κ2) is 5.41. The highest BCUT2D eigenvalue weighted by atomic mass is 32.1. The molecule has 112 valence electrons. The summed E-state index contributed by atoms with van der Waals surface area (Å²) < 4.78 is 6.83. The van der Waals surface area contributed by atoms with Crippen LogP contribution in [0.5, 0.6) is 5.75 Å². The molecule has 0 saturated heterocycles. The molecule has 0 radical (unpaired) electrons. The first-order valence-electron chi connectivity index (χ1n) is 7.34. The maximum Gasteiger partial charge on any atom is 0.137 e. The molecule has 2 aromatic carbocycles. The van der Waals surface area contributed by atoms with Gasteiger partial charge in [0.1, 0.15) is 17.5 Å². The third-order valence-corrected chi connectivity index (χ3v) is 4.87. The van der Waals surface area contributed by atoms with E-state index in [1.54, 1.807) is 17.4 Å². The zero-order valence-electron chi connectivity index (χ0n) is 12.5. The number of nitriles is 1. The van der Waals surface area contributed by atoms with Gasteiger partial charge in [-0.05, 0) is 36.6 Å². The highest BCUT2D eigenvalue weighted by Crippen LogP contribution is 2.37. The number of ether oxygens (including phenoxy) is 1. The molecule has 0 bridgehead atoms. The predicted molar refractivity (Wildman–Crippen MR) is 92.8 cm³/mol. The number of hydrogen-bond acceptors (Lipinski definition) is 4. The summed E-state index contributed by atoms with van der Waals surface area (Å²) in [6, 6.07) is 16.3. The summed E-state index contributed by atoms with van der Waals surface area (Å²) in [5.74, 6) is 0.603. The maximum absolute atomic E-state index is 9.26. The van der Waals surface area contributed by atoms with E-state index in [2.05, 4.69) is 34.5 Å². The first-order chi connectivity index (χ1) is 11.3. The molecular weight excluding hydrogens is 306 g/mol. The van der Waals surface area contributed by atoms with Crippen LogP contribution in [0.25, 0.3) is 31.6 Å². The molecule has 0 aliphatic rings. The van der Waals surface area contributed by atoms with Gasteiger partial charge >= 0.3 is 0 Å². The van der Waals surface area contributed by atoms with E-state index >= 15 is 0 Å². The van der Waals surface area contributed by atoms with Crippen molar-refractivity contribution in [1.29, 1.82) is 5.26 Å². The van der Waals surface area contributed by atoms with Crippen molar-refractivity contribution in [2.45, 2.75) is 6.92 Å². The smallest absolute Gasteiger partial charge is 0.137 e. The van der Waals surface area contributed by atoms with Crippen molar-refractivity contribution in [1.82, 2.24) is 10.2 Å². The van der Waals surface area contributed by atoms with Gasteiger partial charge in [0.2, 0.25) is 0 Å². The largest absolute Gasteiger partial charge is 0.492 e. The number of hydrogen-bond donors (Lipinski definition) is 1. The Bertz CT molecular complexity index is 1020. The lowest BCUT2D eigenvalue weighted by molar-refractivity contribution is 0.340. The van der Waals surface area contributed by atoms with Gasteiger partial charge in [0, 0.05) is 10.1 Å². The molecule has 4 aromatic rings. The van der Waals surface area contributed by atoms with Crippen molar-refractivity contribution in [2.75, 3.05) is 6.61 Å². The van der Waals surface area contributed by atoms with Gasteiger partial charge in [0.25, 0.3) is 0 Å². The Labute approximate surface area is 136 Å². The fraction of sp³-hybridized carbons (Fsp3) is 0.111. The van der Waals surface area contributed by atoms with Crippen LogP contribution in [0.1, 0.15) is 12.5 Å². The summed E-state index contributed by atoms with van der Waals surface area (Å²) in [7, 11) is 0. The summed E-state index contributed by atoms with van der Waals surface area (Å²) in [6.07, 6.45) is 0. The topological polar surface area (TPSA) is 61.7 Å². The van der Waals surface area contributed by atoms with Crippen LogP contribution in [0.3, 0.4) is 0 Å². The molecule has 0 atom stereocenters. The first kappa shape index (κ1) is 13.8. The quantitative estimate of drug-likeness (QED) is 0.594. The second-order valence-electron chi connectivity index (χ2n) is 5.16. The number of aromatic nitrogens is 2. The van der Waals surface area contributed by atoms with Gasteiger partial charge in [-0.1, -0.05) is 18.2 Å². The number of rotatable bonds is 3. The molecular formula is C18H13N3OS. The highest BCUT2D eigenvalue weighted by molar-refractivity contribution is 7.22. The average Bonchev–Trinajstić information content (AvgIpc) is 3.17. The summed E-state index contributed by atoms with van der Waals surface area (Å²) in [6.45, 7) is 2.43. The number of H-pyrrole nitrogens is 1. The van der Waals surface area contributed by atoms with Gasteiger partial charge in [-0.25, -0.2) is 0 Å². The number of nitrogens with one attached hydrogen (secondary N) is 1. The van der Waals surface area contributed by atoms with Crippen molar-refractivity contribution in [2.24, 2.45) is 0 Å². The average molecular weight is 319 g/mol. The zero-order chi connectivity index (χ0) is 15.8. The molecule has 0 fully saturated rings. The van der Waals surface area contributed by atoms with Crippen LogP contribution in [0.4, 0.5) is 0 Å². The monoisotopic (exact) mass is 319 g/mol. The number of nitrogens with zero attached hydrogens (tertiary/aromatic N) is 2. The minimum absolute atomic E-state index is 0.519. The highest BCUT2D eigenvalue weighted by Gasteiger charge is 2.15. The second-order valence-corrected chi connectivity index (χ2v) is 6.24. The predicted octanol–water partition coefficient (Wildman–Crippen LogP) is 4.71. The van der Waals surface area contributed by atoms with Gasteiger partial charge in [0.15, 0.2) is 0 Å². The molecule has 0 amide bonds. The molecule has 0 unspecified atom stereocenters. The summed E-state index contributed by atoms with van der Waals surface area (Å²) in [5, 5.41) is 18.9. The third-order valence-electron chi connectivity index (χ3n) is 3.74. The summed E-state index contributed by atoms with van der Waals surface area (Å²) in [5.41, 5.74) is 2.26. The fourth-order valence-electron chi connectivity index (χ4n) is 2.69. The van der Waals surface area contributed by atoms with Gasteiger partial charge in [0.05, 0.1) is 22.6 Å². The van der Waals surface area contributed by atoms with Gasteiger partial charge in [-0.3, -0.25) is 5.10 Å². The van der Waals surface area contributed by atoms with E-state index in [-0.39, 0.29) is 0 Å². The number of thiophene rings is 1. The van der Waals surface area contributed by atoms with Crippen molar-refractivity contribution < 1.29 is 4.74 Å².